The molecule has 151 valence electrons. The molecule has 0 bridgehead atoms. The summed E-state index contributed by atoms with van der Waals surface area (Å²) in [5.74, 6) is 0. The molecule has 0 aromatic carbocycles. The Hall–Kier alpha value is -0.954. The van der Waals surface area contributed by atoms with Gasteiger partial charge in [-0.3, -0.25) is 0 Å². The Balaban J connectivity index is -0.000000372. The van der Waals surface area contributed by atoms with Crippen molar-refractivity contribution in [3.8, 4) is 0 Å². The van der Waals surface area contributed by atoms with E-state index >= 15 is 0 Å². The smallest absolute Gasteiger partial charge is 0.530 e. The van der Waals surface area contributed by atoms with E-state index in [-0.39, 0.29) is 16.8 Å². The Bertz CT molecular complexity index is 271. The van der Waals surface area contributed by atoms with Crippen LogP contribution < -0.4 is 10.2 Å². The minimum absolute atomic E-state index is 0. The fraction of sp³-hybridized carbons (Fsp3) is 0.889. The summed E-state index contributed by atoms with van der Waals surface area (Å²) in [7, 11) is 0. The van der Waals surface area contributed by atoms with Gasteiger partial charge >= 0.3 is 16.8 Å². The van der Waals surface area contributed by atoms with E-state index in [1.54, 1.807) is 0 Å². The van der Waals surface area contributed by atoms with E-state index in [2.05, 4.69) is 0 Å². The molecule has 7 heteroatoms. The molecule has 0 aliphatic heterocycles. The molecule has 0 aromatic rings. The maximum atomic E-state index is 10.5. The standard InChI is InChI=1S/2C9H19NO2.Co/c2*1-3-5-7-10(9(11)12)8-6-4-2;/h2*3-8H2,1-2H3,(H,11,12);/q;;+2/p-2. The first kappa shape index (κ1) is 28.8. The van der Waals surface area contributed by atoms with Crippen LogP contribution in [0.15, 0.2) is 0 Å². The predicted octanol–water partition coefficient (Wildman–Crippen LogP) is 2.46. The van der Waals surface area contributed by atoms with Gasteiger partial charge in [0.05, 0.1) is 0 Å². The summed E-state index contributed by atoms with van der Waals surface area (Å²) < 4.78 is 0. The Labute approximate surface area is 164 Å². The van der Waals surface area contributed by atoms with Crippen LogP contribution in [-0.4, -0.2) is 48.2 Å². The Morgan fingerprint density at radius 3 is 0.920 bits per heavy atom. The zero-order chi connectivity index (χ0) is 18.8. The molecule has 0 heterocycles. The Morgan fingerprint density at radius 1 is 0.600 bits per heavy atom. The summed E-state index contributed by atoms with van der Waals surface area (Å²) in [6, 6.07) is 0. The Morgan fingerprint density at radius 2 is 0.800 bits per heavy atom. The van der Waals surface area contributed by atoms with Gasteiger partial charge in [0.15, 0.2) is 0 Å². The zero-order valence-corrected chi connectivity index (χ0v) is 17.4. The molecule has 0 spiro atoms. The molecule has 0 aliphatic carbocycles. The minimum Gasteiger partial charge on any atom is -0.530 e. The topological polar surface area (TPSA) is 86.7 Å². The number of hydrogen-bond acceptors (Lipinski definition) is 4. The number of unbranched alkanes of at least 4 members (excludes halogenated alkanes) is 4. The largest absolute Gasteiger partial charge is 2.00 e. The van der Waals surface area contributed by atoms with Crippen molar-refractivity contribution in [1.29, 1.82) is 0 Å². The van der Waals surface area contributed by atoms with Crippen molar-refractivity contribution in [2.45, 2.75) is 79.1 Å². The maximum Gasteiger partial charge on any atom is 2.00 e. The van der Waals surface area contributed by atoms with E-state index < -0.39 is 12.2 Å². The minimum atomic E-state index is -1.03. The molecule has 0 saturated carbocycles. The third-order valence-corrected chi connectivity index (χ3v) is 3.64. The molecule has 0 N–H and O–H groups in total. The first-order chi connectivity index (χ1) is 11.4. The third kappa shape index (κ3) is 19.2. The van der Waals surface area contributed by atoms with Gasteiger partial charge in [0.2, 0.25) is 0 Å². The first-order valence-corrected chi connectivity index (χ1v) is 9.36. The van der Waals surface area contributed by atoms with Crippen LogP contribution in [0.2, 0.25) is 0 Å². The Kier molecular flexibility index (Phi) is 24.3. The first-order valence-electron chi connectivity index (χ1n) is 9.36. The predicted molar refractivity (Wildman–Crippen MR) is 93.6 cm³/mol. The van der Waals surface area contributed by atoms with Gasteiger partial charge in [-0.25, -0.2) is 0 Å². The van der Waals surface area contributed by atoms with Crippen molar-refractivity contribution >= 4 is 12.2 Å². The van der Waals surface area contributed by atoms with Crippen molar-refractivity contribution in [2.24, 2.45) is 0 Å². The second-order valence-electron chi connectivity index (χ2n) is 5.92. The van der Waals surface area contributed by atoms with Crippen molar-refractivity contribution in [3.05, 3.63) is 0 Å². The number of carbonyl (C=O) groups excluding carboxylic acids is 2. The molecule has 1 radical (unpaired) electrons. The van der Waals surface area contributed by atoms with Crippen LogP contribution in [0.1, 0.15) is 79.1 Å². The fourth-order valence-corrected chi connectivity index (χ4v) is 1.98. The van der Waals surface area contributed by atoms with Gasteiger partial charge in [0.25, 0.3) is 0 Å². The summed E-state index contributed by atoms with van der Waals surface area (Å²) in [5, 5.41) is 21.1. The molecule has 0 unspecified atom stereocenters. The summed E-state index contributed by atoms with van der Waals surface area (Å²) in [6.07, 6.45) is 5.75. The number of carbonyl (C=O) groups is 2. The van der Waals surface area contributed by atoms with Crippen molar-refractivity contribution in [3.63, 3.8) is 0 Å². The molecule has 0 rings (SSSR count). The van der Waals surface area contributed by atoms with Crippen LogP contribution in [0.4, 0.5) is 9.59 Å². The monoisotopic (exact) mass is 403 g/mol. The molecule has 0 saturated heterocycles. The molecule has 2 amide bonds. The molecule has 0 fully saturated rings. The van der Waals surface area contributed by atoms with Crippen molar-refractivity contribution in [2.75, 3.05) is 26.2 Å². The van der Waals surface area contributed by atoms with Gasteiger partial charge in [-0.15, -0.1) is 0 Å². The molecule has 0 aromatic heterocycles. The van der Waals surface area contributed by atoms with Gasteiger partial charge in [-0.1, -0.05) is 53.4 Å². The fourth-order valence-electron chi connectivity index (χ4n) is 1.98. The average molecular weight is 403 g/mol. The van der Waals surface area contributed by atoms with Crippen LogP contribution in [0.25, 0.3) is 0 Å². The maximum absolute atomic E-state index is 10.5. The molecule has 0 aliphatic rings. The number of hydrogen-bond donors (Lipinski definition) is 0. The average Bonchev–Trinajstić information content (AvgIpc) is 2.55. The van der Waals surface area contributed by atoms with Crippen molar-refractivity contribution < 1.29 is 36.6 Å². The van der Waals surface area contributed by atoms with Crippen LogP contribution in [0.5, 0.6) is 0 Å². The zero-order valence-electron chi connectivity index (χ0n) is 16.3. The van der Waals surface area contributed by atoms with E-state index in [0.29, 0.717) is 26.2 Å². The van der Waals surface area contributed by atoms with Crippen LogP contribution in [0.3, 0.4) is 0 Å². The summed E-state index contributed by atoms with van der Waals surface area (Å²) in [5.41, 5.74) is 0. The second-order valence-corrected chi connectivity index (χ2v) is 5.92. The van der Waals surface area contributed by atoms with E-state index in [1.165, 1.54) is 9.80 Å². The van der Waals surface area contributed by atoms with E-state index in [1.807, 2.05) is 27.7 Å². The molecule has 0 atom stereocenters. The summed E-state index contributed by atoms with van der Waals surface area (Å²) >= 11 is 0. The normalized spacial score (nSPS) is 9.44. The third-order valence-electron chi connectivity index (χ3n) is 3.64. The quantitative estimate of drug-likeness (QED) is 0.501. The van der Waals surface area contributed by atoms with E-state index in [9.17, 15) is 19.8 Å². The van der Waals surface area contributed by atoms with E-state index in [0.717, 1.165) is 51.4 Å². The van der Waals surface area contributed by atoms with Crippen molar-refractivity contribution in [1.82, 2.24) is 9.80 Å². The number of nitrogens with zero attached hydrogens (tertiary/aromatic N) is 2. The van der Waals surface area contributed by atoms with Gasteiger partial charge in [-0.2, -0.15) is 0 Å². The summed E-state index contributed by atoms with van der Waals surface area (Å²) in [6.45, 7) is 10.7. The van der Waals surface area contributed by atoms with Crippen LogP contribution in [0, 0.1) is 0 Å². The number of amides is 2. The van der Waals surface area contributed by atoms with Gasteiger partial charge in [-0.05, 0) is 25.7 Å². The van der Waals surface area contributed by atoms with Crippen LogP contribution in [-0.2, 0) is 16.8 Å². The molecule has 6 nitrogen and oxygen atoms in total. The number of carboxylic acid groups (broad SMARTS) is 2. The van der Waals surface area contributed by atoms with E-state index in [4.69, 9.17) is 0 Å². The molecular formula is C18H36CoN2O4. The van der Waals surface area contributed by atoms with Gasteiger partial charge < -0.3 is 29.6 Å². The second kappa shape index (κ2) is 21.1. The van der Waals surface area contributed by atoms with Crippen LogP contribution >= 0.6 is 0 Å². The molecular weight excluding hydrogens is 367 g/mol. The SMILES string of the molecule is CCCCN(CCCC)C(=O)[O-].CCCCN(CCCC)C(=O)[O-].[Co+2]. The van der Waals surface area contributed by atoms with Gasteiger partial charge in [0.1, 0.15) is 12.2 Å². The summed E-state index contributed by atoms with van der Waals surface area (Å²) in [4.78, 5) is 23.8. The number of rotatable bonds is 12. The molecule has 25 heavy (non-hydrogen) atoms. The van der Waals surface area contributed by atoms with Gasteiger partial charge in [0, 0.05) is 26.2 Å².